The molecule has 104 valence electrons. The van der Waals surface area contributed by atoms with Gasteiger partial charge in [-0.05, 0) is 35.4 Å². The Morgan fingerprint density at radius 1 is 1.00 bits per heavy atom. The maximum atomic E-state index is 11.6. The van der Waals surface area contributed by atoms with E-state index < -0.39 is 9.84 Å². The van der Waals surface area contributed by atoms with E-state index in [2.05, 4.69) is 5.32 Å². The summed E-state index contributed by atoms with van der Waals surface area (Å²) in [6, 6.07) is 13.7. The van der Waals surface area contributed by atoms with Gasteiger partial charge in [0.25, 0.3) is 5.91 Å². The molecule has 2 aromatic rings. The molecule has 0 atom stereocenters. The largest absolute Gasteiger partial charge is 0.355 e. The highest BCUT2D eigenvalue weighted by atomic mass is 32.2. The monoisotopic (exact) mass is 289 g/mol. The lowest BCUT2D eigenvalue weighted by atomic mass is 10.0. The van der Waals surface area contributed by atoms with E-state index in [0.29, 0.717) is 5.56 Å². The van der Waals surface area contributed by atoms with Crippen LogP contribution in [0.2, 0.25) is 0 Å². The SMILES string of the molecule is CNC(=O)c1cccc(-c2cccc(S(C)(=O)=O)c2)c1. The van der Waals surface area contributed by atoms with Crippen LogP contribution in [0.25, 0.3) is 11.1 Å². The normalized spacial score (nSPS) is 11.1. The summed E-state index contributed by atoms with van der Waals surface area (Å²) in [6.07, 6.45) is 1.17. The van der Waals surface area contributed by atoms with E-state index in [1.165, 1.54) is 6.26 Å². The van der Waals surface area contributed by atoms with Crippen LogP contribution in [-0.4, -0.2) is 27.6 Å². The van der Waals surface area contributed by atoms with Crippen LogP contribution in [0.5, 0.6) is 0 Å². The number of nitrogens with one attached hydrogen (secondary N) is 1. The minimum Gasteiger partial charge on any atom is -0.355 e. The van der Waals surface area contributed by atoms with Crippen LogP contribution in [0.4, 0.5) is 0 Å². The van der Waals surface area contributed by atoms with Gasteiger partial charge in [-0.1, -0.05) is 24.3 Å². The molecule has 0 aliphatic rings. The van der Waals surface area contributed by atoms with Crippen molar-refractivity contribution in [3.63, 3.8) is 0 Å². The number of carbonyl (C=O) groups excluding carboxylic acids is 1. The maximum absolute atomic E-state index is 11.6. The van der Waals surface area contributed by atoms with Crippen molar-refractivity contribution in [1.29, 1.82) is 0 Å². The van der Waals surface area contributed by atoms with E-state index in [-0.39, 0.29) is 10.8 Å². The van der Waals surface area contributed by atoms with E-state index in [1.54, 1.807) is 43.4 Å². The smallest absolute Gasteiger partial charge is 0.251 e. The molecule has 0 aromatic heterocycles. The molecule has 0 aliphatic heterocycles. The standard InChI is InChI=1S/C15H15NO3S/c1-16-15(17)13-7-3-5-11(9-13)12-6-4-8-14(10-12)20(2,18)19/h3-10H,1-2H3,(H,16,17). The van der Waals surface area contributed by atoms with Crippen molar-refractivity contribution < 1.29 is 13.2 Å². The van der Waals surface area contributed by atoms with Crippen LogP contribution < -0.4 is 5.32 Å². The van der Waals surface area contributed by atoms with Crippen molar-refractivity contribution in [3.05, 3.63) is 54.1 Å². The second-order valence-electron chi connectivity index (χ2n) is 4.46. The van der Waals surface area contributed by atoms with Gasteiger partial charge in [0.2, 0.25) is 0 Å². The van der Waals surface area contributed by atoms with Crippen molar-refractivity contribution in [3.8, 4) is 11.1 Å². The number of hydrogen-bond acceptors (Lipinski definition) is 3. The fourth-order valence-electron chi connectivity index (χ4n) is 1.89. The van der Waals surface area contributed by atoms with Crippen LogP contribution >= 0.6 is 0 Å². The average Bonchev–Trinajstić information content (AvgIpc) is 2.46. The van der Waals surface area contributed by atoms with Crippen LogP contribution in [-0.2, 0) is 9.84 Å². The van der Waals surface area contributed by atoms with Gasteiger partial charge in [0.1, 0.15) is 0 Å². The van der Waals surface area contributed by atoms with Gasteiger partial charge in [0.15, 0.2) is 9.84 Å². The highest BCUT2D eigenvalue weighted by Gasteiger charge is 2.09. The summed E-state index contributed by atoms with van der Waals surface area (Å²) in [4.78, 5) is 11.9. The zero-order chi connectivity index (χ0) is 14.8. The second-order valence-corrected chi connectivity index (χ2v) is 6.48. The molecule has 0 bridgehead atoms. The van der Waals surface area contributed by atoms with E-state index in [0.717, 1.165) is 11.1 Å². The molecule has 0 radical (unpaired) electrons. The Hall–Kier alpha value is -2.14. The Morgan fingerprint density at radius 2 is 1.60 bits per heavy atom. The molecule has 0 heterocycles. The van der Waals surface area contributed by atoms with Crippen molar-refractivity contribution in [2.45, 2.75) is 4.90 Å². The van der Waals surface area contributed by atoms with Crippen molar-refractivity contribution in [2.75, 3.05) is 13.3 Å². The Morgan fingerprint density at radius 3 is 2.20 bits per heavy atom. The Bertz CT molecular complexity index is 751. The molecule has 0 saturated heterocycles. The molecule has 0 saturated carbocycles. The predicted molar refractivity (Wildman–Crippen MR) is 78.4 cm³/mol. The minimum absolute atomic E-state index is 0.175. The number of benzene rings is 2. The number of sulfone groups is 1. The number of amides is 1. The van der Waals surface area contributed by atoms with Gasteiger partial charge in [-0.25, -0.2) is 8.42 Å². The van der Waals surface area contributed by atoms with Gasteiger partial charge in [-0.15, -0.1) is 0 Å². The number of rotatable bonds is 3. The highest BCUT2D eigenvalue weighted by molar-refractivity contribution is 7.90. The lowest BCUT2D eigenvalue weighted by Crippen LogP contribution is -2.17. The molecule has 0 unspecified atom stereocenters. The van der Waals surface area contributed by atoms with E-state index >= 15 is 0 Å². The lowest BCUT2D eigenvalue weighted by molar-refractivity contribution is 0.0963. The maximum Gasteiger partial charge on any atom is 0.251 e. The van der Waals surface area contributed by atoms with E-state index in [9.17, 15) is 13.2 Å². The first kappa shape index (κ1) is 14.3. The summed E-state index contributed by atoms with van der Waals surface area (Å²) in [5.41, 5.74) is 2.10. The van der Waals surface area contributed by atoms with Crippen LogP contribution in [0.3, 0.4) is 0 Å². The first-order valence-electron chi connectivity index (χ1n) is 6.04. The molecule has 0 aliphatic carbocycles. The summed E-state index contributed by atoms with van der Waals surface area (Å²) in [7, 11) is -1.67. The Labute approximate surface area is 118 Å². The average molecular weight is 289 g/mol. The van der Waals surface area contributed by atoms with Crippen molar-refractivity contribution in [2.24, 2.45) is 0 Å². The minimum atomic E-state index is -3.24. The first-order valence-corrected chi connectivity index (χ1v) is 7.93. The quantitative estimate of drug-likeness (QED) is 0.941. The molecule has 0 spiro atoms. The summed E-state index contributed by atoms with van der Waals surface area (Å²) in [6.45, 7) is 0. The van der Waals surface area contributed by atoms with Crippen molar-refractivity contribution in [1.82, 2.24) is 5.32 Å². The number of hydrogen-bond donors (Lipinski definition) is 1. The molecule has 20 heavy (non-hydrogen) atoms. The van der Waals surface area contributed by atoms with E-state index in [4.69, 9.17) is 0 Å². The van der Waals surface area contributed by atoms with Gasteiger partial charge in [0.05, 0.1) is 4.90 Å². The predicted octanol–water partition coefficient (Wildman–Crippen LogP) is 2.12. The summed E-state index contributed by atoms with van der Waals surface area (Å²) in [5.74, 6) is -0.175. The summed E-state index contributed by atoms with van der Waals surface area (Å²) < 4.78 is 23.1. The fourth-order valence-corrected chi connectivity index (χ4v) is 2.56. The third kappa shape index (κ3) is 3.05. The zero-order valence-electron chi connectivity index (χ0n) is 11.3. The second kappa shape index (κ2) is 5.46. The highest BCUT2D eigenvalue weighted by Crippen LogP contribution is 2.23. The molecule has 2 rings (SSSR count). The first-order chi connectivity index (χ1) is 9.41. The van der Waals surface area contributed by atoms with Crippen LogP contribution in [0.15, 0.2) is 53.4 Å². The zero-order valence-corrected chi connectivity index (χ0v) is 12.1. The fraction of sp³-hybridized carbons (Fsp3) is 0.133. The van der Waals surface area contributed by atoms with Gasteiger partial charge in [-0.3, -0.25) is 4.79 Å². The van der Waals surface area contributed by atoms with Crippen molar-refractivity contribution >= 4 is 15.7 Å². The van der Waals surface area contributed by atoms with Crippen LogP contribution in [0.1, 0.15) is 10.4 Å². The summed E-state index contributed by atoms with van der Waals surface area (Å²) in [5, 5.41) is 2.56. The molecule has 1 amide bonds. The molecule has 0 fully saturated rings. The Kier molecular flexibility index (Phi) is 3.90. The molecule has 4 nitrogen and oxygen atoms in total. The summed E-state index contributed by atoms with van der Waals surface area (Å²) >= 11 is 0. The molecule has 1 N–H and O–H groups in total. The number of carbonyl (C=O) groups is 1. The van der Waals surface area contributed by atoms with Gasteiger partial charge in [-0.2, -0.15) is 0 Å². The molecule has 5 heteroatoms. The molecular weight excluding hydrogens is 274 g/mol. The van der Waals surface area contributed by atoms with Gasteiger partial charge >= 0.3 is 0 Å². The van der Waals surface area contributed by atoms with Gasteiger partial charge < -0.3 is 5.32 Å². The van der Waals surface area contributed by atoms with Crippen LogP contribution in [0, 0.1) is 0 Å². The topological polar surface area (TPSA) is 63.2 Å². The molecular formula is C15H15NO3S. The Balaban J connectivity index is 2.50. The third-order valence-corrected chi connectivity index (χ3v) is 4.06. The lowest BCUT2D eigenvalue weighted by Gasteiger charge is -2.06. The molecule has 2 aromatic carbocycles. The van der Waals surface area contributed by atoms with E-state index in [1.807, 2.05) is 12.1 Å². The third-order valence-electron chi connectivity index (χ3n) is 2.95. The van der Waals surface area contributed by atoms with Gasteiger partial charge in [0, 0.05) is 18.9 Å².